The second kappa shape index (κ2) is 7.97. The molecule has 2 aromatic carbocycles. The van der Waals surface area contributed by atoms with Gasteiger partial charge in [0.05, 0.1) is 35.5 Å². The summed E-state index contributed by atoms with van der Waals surface area (Å²) in [5.41, 5.74) is -1.69. The van der Waals surface area contributed by atoms with Gasteiger partial charge >= 0.3 is 5.97 Å². The predicted octanol–water partition coefficient (Wildman–Crippen LogP) is 2.13. The smallest absolute Gasteiger partial charge is 0.347 e. The molecule has 0 bridgehead atoms. The monoisotopic (exact) mass is 362 g/mol. The van der Waals surface area contributed by atoms with Crippen molar-refractivity contribution in [3.63, 3.8) is 0 Å². The summed E-state index contributed by atoms with van der Waals surface area (Å²) in [5, 5.41) is 11.4. The predicted molar refractivity (Wildman–Crippen MR) is 94.1 cm³/mol. The Balaban J connectivity index is 2.76. The molecule has 26 heavy (non-hydrogen) atoms. The number of methoxy groups -OCH3 is 5. The van der Waals surface area contributed by atoms with Crippen LogP contribution in [0.25, 0.3) is 0 Å². The maximum absolute atomic E-state index is 12.6. The highest BCUT2D eigenvalue weighted by atomic mass is 16.5. The molecule has 0 aromatic heterocycles. The van der Waals surface area contributed by atoms with Crippen molar-refractivity contribution in [1.29, 1.82) is 0 Å². The van der Waals surface area contributed by atoms with Crippen molar-refractivity contribution in [2.24, 2.45) is 0 Å². The Kier molecular flexibility index (Phi) is 5.94. The zero-order chi connectivity index (χ0) is 19.3. The van der Waals surface area contributed by atoms with Gasteiger partial charge < -0.3 is 28.8 Å². The lowest BCUT2D eigenvalue weighted by molar-refractivity contribution is -0.158. The van der Waals surface area contributed by atoms with Crippen molar-refractivity contribution in [3.8, 4) is 23.0 Å². The standard InChI is InChI=1S/C19H22O7/c1-22-14-6-12(7-15(10-14)23-2)19(21,18(20)26-5)13-8-16(24-3)11-17(9-13)25-4/h6-11,21H,1-5H3. The Morgan fingerprint density at radius 3 is 1.23 bits per heavy atom. The minimum Gasteiger partial charge on any atom is -0.497 e. The van der Waals surface area contributed by atoms with Crippen molar-refractivity contribution in [2.45, 2.75) is 5.60 Å². The number of esters is 1. The van der Waals surface area contributed by atoms with Crippen LogP contribution in [0.5, 0.6) is 23.0 Å². The normalized spacial score (nSPS) is 10.8. The molecule has 0 saturated heterocycles. The first kappa shape index (κ1) is 19.4. The van der Waals surface area contributed by atoms with E-state index in [0.717, 1.165) is 0 Å². The van der Waals surface area contributed by atoms with Gasteiger partial charge in [-0.05, 0) is 24.3 Å². The number of hydrogen-bond donors (Lipinski definition) is 1. The van der Waals surface area contributed by atoms with Crippen LogP contribution in [0.1, 0.15) is 11.1 Å². The largest absolute Gasteiger partial charge is 0.497 e. The van der Waals surface area contributed by atoms with Crippen molar-refractivity contribution in [2.75, 3.05) is 35.5 Å². The van der Waals surface area contributed by atoms with E-state index in [9.17, 15) is 9.90 Å². The zero-order valence-corrected chi connectivity index (χ0v) is 15.4. The molecular weight excluding hydrogens is 340 g/mol. The maximum Gasteiger partial charge on any atom is 0.347 e. The Morgan fingerprint density at radius 1 is 0.692 bits per heavy atom. The highest BCUT2D eigenvalue weighted by Gasteiger charge is 2.43. The number of carbonyl (C=O) groups excluding carboxylic acids is 1. The van der Waals surface area contributed by atoms with Gasteiger partial charge in [0.1, 0.15) is 23.0 Å². The van der Waals surface area contributed by atoms with Crippen LogP contribution in [0.2, 0.25) is 0 Å². The quantitative estimate of drug-likeness (QED) is 0.756. The minimum atomic E-state index is -2.13. The first-order valence-corrected chi connectivity index (χ1v) is 7.70. The summed E-state index contributed by atoms with van der Waals surface area (Å²) in [4.78, 5) is 12.6. The van der Waals surface area contributed by atoms with Crippen LogP contribution in [0.3, 0.4) is 0 Å². The maximum atomic E-state index is 12.6. The van der Waals surface area contributed by atoms with Crippen LogP contribution >= 0.6 is 0 Å². The van der Waals surface area contributed by atoms with Crippen LogP contribution in [0.4, 0.5) is 0 Å². The summed E-state index contributed by atoms with van der Waals surface area (Å²) in [5.74, 6) is 0.782. The number of hydrogen-bond acceptors (Lipinski definition) is 7. The van der Waals surface area contributed by atoms with Gasteiger partial charge in [-0.1, -0.05) is 0 Å². The topological polar surface area (TPSA) is 83.5 Å². The van der Waals surface area contributed by atoms with Crippen LogP contribution in [0, 0.1) is 0 Å². The molecule has 0 spiro atoms. The Labute approximate surface area is 152 Å². The van der Waals surface area contributed by atoms with E-state index in [1.165, 1.54) is 59.8 Å². The Morgan fingerprint density at radius 2 is 1.00 bits per heavy atom. The van der Waals surface area contributed by atoms with E-state index in [1.807, 2.05) is 0 Å². The highest BCUT2D eigenvalue weighted by molar-refractivity contribution is 5.86. The van der Waals surface area contributed by atoms with Crippen LogP contribution < -0.4 is 18.9 Å². The fraction of sp³-hybridized carbons (Fsp3) is 0.316. The highest BCUT2D eigenvalue weighted by Crippen LogP contribution is 2.38. The fourth-order valence-corrected chi connectivity index (χ4v) is 2.58. The molecule has 140 valence electrons. The molecule has 2 aromatic rings. The van der Waals surface area contributed by atoms with E-state index in [1.54, 1.807) is 12.1 Å². The molecule has 1 N–H and O–H groups in total. The van der Waals surface area contributed by atoms with E-state index in [2.05, 4.69) is 0 Å². The van der Waals surface area contributed by atoms with Gasteiger partial charge in [-0.25, -0.2) is 4.79 Å². The summed E-state index contributed by atoms with van der Waals surface area (Å²) in [7, 11) is 7.10. The van der Waals surface area contributed by atoms with E-state index in [-0.39, 0.29) is 11.1 Å². The van der Waals surface area contributed by atoms with Gasteiger partial charge in [0.25, 0.3) is 0 Å². The number of rotatable bonds is 7. The van der Waals surface area contributed by atoms with Gasteiger partial charge in [-0.2, -0.15) is 0 Å². The number of carbonyl (C=O) groups is 1. The van der Waals surface area contributed by atoms with Crippen molar-refractivity contribution >= 4 is 5.97 Å². The molecule has 0 unspecified atom stereocenters. The number of benzene rings is 2. The summed E-state index contributed by atoms with van der Waals surface area (Å²) in [6.07, 6.45) is 0. The molecule has 0 aliphatic heterocycles. The lowest BCUT2D eigenvalue weighted by atomic mass is 9.85. The third-order valence-corrected chi connectivity index (χ3v) is 4.02. The molecule has 7 nitrogen and oxygen atoms in total. The summed E-state index contributed by atoms with van der Waals surface area (Å²) < 4.78 is 25.8. The second-order valence-electron chi connectivity index (χ2n) is 5.40. The third-order valence-electron chi connectivity index (χ3n) is 4.02. The van der Waals surface area contributed by atoms with Crippen molar-refractivity contribution < 1.29 is 33.6 Å². The van der Waals surface area contributed by atoms with E-state index < -0.39 is 11.6 Å². The van der Waals surface area contributed by atoms with Crippen molar-refractivity contribution in [3.05, 3.63) is 47.5 Å². The molecule has 7 heteroatoms. The van der Waals surface area contributed by atoms with Crippen molar-refractivity contribution in [1.82, 2.24) is 0 Å². The number of aliphatic hydroxyl groups is 1. The zero-order valence-electron chi connectivity index (χ0n) is 15.4. The molecule has 2 rings (SSSR count). The molecule has 0 saturated carbocycles. The lowest BCUT2D eigenvalue weighted by Gasteiger charge is -2.27. The molecule has 0 aliphatic rings. The molecule has 0 radical (unpaired) electrons. The van der Waals surface area contributed by atoms with E-state index in [0.29, 0.717) is 23.0 Å². The molecule has 0 heterocycles. The first-order valence-electron chi connectivity index (χ1n) is 7.70. The first-order chi connectivity index (χ1) is 12.4. The molecule has 0 atom stereocenters. The average Bonchev–Trinajstić information content (AvgIpc) is 2.71. The molecular formula is C19H22O7. The minimum absolute atomic E-state index is 0.218. The SMILES string of the molecule is COC(=O)C(O)(c1cc(OC)cc(OC)c1)c1cc(OC)cc(OC)c1. The average molecular weight is 362 g/mol. The van der Waals surface area contributed by atoms with Gasteiger partial charge in [-0.15, -0.1) is 0 Å². The molecule has 0 amide bonds. The number of ether oxygens (including phenoxy) is 5. The summed E-state index contributed by atoms with van der Waals surface area (Å²) in [6.45, 7) is 0. The van der Waals surface area contributed by atoms with Crippen LogP contribution in [-0.2, 0) is 15.1 Å². The van der Waals surface area contributed by atoms with E-state index in [4.69, 9.17) is 23.7 Å². The van der Waals surface area contributed by atoms with Gasteiger partial charge in [0.2, 0.25) is 5.60 Å². The Bertz CT molecular complexity index is 685. The van der Waals surface area contributed by atoms with Crippen LogP contribution in [-0.4, -0.2) is 46.6 Å². The summed E-state index contributed by atoms with van der Waals surface area (Å²) >= 11 is 0. The van der Waals surface area contributed by atoms with Crippen LogP contribution in [0.15, 0.2) is 36.4 Å². The van der Waals surface area contributed by atoms with Gasteiger partial charge in [-0.3, -0.25) is 0 Å². The third kappa shape index (κ3) is 3.52. The fourth-order valence-electron chi connectivity index (χ4n) is 2.58. The van der Waals surface area contributed by atoms with E-state index >= 15 is 0 Å². The van der Waals surface area contributed by atoms with Gasteiger partial charge in [0, 0.05) is 23.3 Å². The molecule has 0 aliphatic carbocycles. The summed E-state index contributed by atoms with van der Waals surface area (Å²) in [6, 6.07) is 9.40. The Hall–Kier alpha value is -2.93. The lowest BCUT2D eigenvalue weighted by Crippen LogP contribution is -2.38. The second-order valence-corrected chi connectivity index (χ2v) is 5.40. The van der Waals surface area contributed by atoms with Gasteiger partial charge in [0.15, 0.2) is 0 Å². The molecule has 0 fully saturated rings.